The van der Waals surface area contributed by atoms with Crippen molar-refractivity contribution in [3.63, 3.8) is 0 Å². The highest BCUT2D eigenvalue weighted by atomic mass is 19.4. The highest BCUT2D eigenvalue weighted by Gasteiger charge is 2.32. The number of nitrogens with two attached hydrogens (primary N) is 1. The number of halogens is 3. The lowest BCUT2D eigenvalue weighted by Crippen LogP contribution is -2.18. The molecule has 34 heavy (non-hydrogen) atoms. The summed E-state index contributed by atoms with van der Waals surface area (Å²) in [6.45, 7) is 3.03. The van der Waals surface area contributed by atoms with Crippen LogP contribution in [0.2, 0.25) is 0 Å². The maximum Gasteiger partial charge on any atom is 0.573 e. The van der Waals surface area contributed by atoms with Gasteiger partial charge in [0.1, 0.15) is 17.3 Å². The van der Waals surface area contributed by atoms with Gasteiger partial charge in [-0.25, -0.2) is 0 Å². The molecule has 0 saturated carbocycles. The van der Waals surface area contributed by atoms with E-state index in [4.69, 9.17) is 10.5 Å². The van der Waals surface area contributed by atoms with Crippen LogP contribution in [0.25, 0.3) is 22.3 Å². The van der Waals surface area contributed by atoms with E-state index in [1.165, 1.54) is 38.4 Å². The standard InChI is InChI=1S/C23H20F3N5O3/c1-12(27)22(13(2)32)15-9-16-17(10-19(15)33-3)31-20(29-30-21(31)11-28-16)8-14-6-4-5-7-18(14)34-23(24,25)26/h4-7,9-11H,8,27H2,1-3H3. The Balaban J connectivity index is 1.89. The van der Waals surface area contributed by atoms with Crippen LogP contribution >= 0.6 is 0 Å². The van der Waals surface area contributed by atoms with Crippen LogP contribution in [0.3, 0.4) is 0 Å². The van der Waals surface area contributed by atoms with Crippen LogP contribution in [-0.4, -0.2) is 38.8 Å². The number of carbonyl (C=O) groups is 1. The van der Waals surface area contributed by atoms with Gasteiger partial charge in [0.2, 0.25) is 0 Å². The van der Waals surface area contributed by atoms with Gasteiger partial charge in [-0.2, -0.15) is 0 Å². The SMILES string of the molecule is COc1cc2c(cc1C(C(C)=O)=C(C)N)ncc1nnc(Cc3ccccc3OC(F)(F)F)n12. The molecule has 0 amide bonds. The van der Waals surface area contributed by atoms with Crippen molar-refractivity contribution in [2.24, 2.45) is 5.73 Å². The molecule has 8 nitrogen and oxygen atoms in total. The minimum atomic E-state index is -4.83. The molecule has 11 heteroatoms. The molecule has 0 aliphatic rings. The number of para-hydroxylation sites is 1. The van der Waals surface area contributed by atoms with Gasteiger partial charge in [-0.1, -0.05) is 18.2 Å². The Morgan fingerprint density at radius 1 is 1.12 bits per heavy atom. The smallest absolute Gasteiger partial charge is 0.496 e. The average Bonchev–Trinajstić information content (AvgIpc) is 3.16. The molecular formula is C23H20F3N5O3. The first-order valence-corrected chi connectivity index (χ1v) is 10.1. The fourth-order valence-electron chi connectivity index (χ4n) is 3.85. The zero-order chi connectivity index (χ0) is 24.6. The third-order valence-electron chi connectivity index (χ3n) is 5.17. The first kappa shape index (κ1) is 23.0. The molecule has 0 unspecified atom stereocenters. The second kappa shape index (κ2) is 8.65. The topological polar surface area (TPSA) is 105 Å². The Kier molecular flexibility index (Phi) is 5.86. The molecular weight excluding hydrogens is 451 g/mol. The maximum atomic E-state index is 12.8. The molecule has 176 valence electrons. The number of Topliss-reactive ketones (excluding diaryl/α,β-unsaturated/α-hetero) is 1. The molecule has 0 aliphatic carbocycles. The fourth-order valence-corrected chi connectivity index (χ4v) is 3.85. The summed E-state index contributed by atoms with van der Waals surface area (Å²) in [5, 5.41) is 8.26. The average molecular weight is 471 g/mol. The van der Waals surface area contributed by atoms with E-state index in [0.717, 1.165) is 0 Å². The molecule has 2 N–H and O–H groups in total. The van der Waals surface area contributed by atoms with Crippen molar-refractivity contribution >= 4 is 28.0 Å². The van der Waals surface area contributed by atoms with Gasteiger partial charge in [0.15, 0.2) is 11.4 Å². The number of nitrogens with zero attached hydrogens (tertiary/aromatic N) is 4. The zero-order valence-electron chi connectivity index (χ0n) is 18.5. The van der Waals surface area contributed by atoms with Crippen molar-refractivity contribution in [2.45, 2.75) is 26.6 Å². The van der Waals surface area contributed by atoms with E-state index < -0.39 is 6.36 Å². The summed E-state index contributed by atoms with van der Waals surface area (Å²) in [4.78, 5) is 16.6. The highest BCUT2D eigenvalue weighted by Crippen LogP contribution is 2.33. The number of ketones is 1. The quantitative estimate of drug-likeness (QED) is 0.423. The summed E-state index contributed by atoms with van der Waals surface area (Å²) in [5.74, 6) is 0.189. The largest absolute Gasteiger partial charge is 0.573 e. The van der Waals surface area contributed by atoms with Gasteiger partial charge in [0.05, 0.1) is 24.3 Å². The Morgan fingerprint density at radius 2 is 1.85 bits per heavy atom. The van der Waals surface area contributed by atoms with Crippen LogP contribution in [0.5, 0.6) is 11.5 Å². The summed E-state index contributed by atoms with van der Waals surface area (Å²) in [5.41, 5.74) is 8.77. The molecule has 0 saturated heterocycles. The van der Waals surface area contributed by atoms with Gasteiger partial charge in [0, 0.05) is 34.9 Å². The third-order valence-corrected chi connectivity index (χ3v) is 5.17. The van der Waals surface area contributed by atoms with E-state index in [0.29, 0.717) is 45.1 Å². The normalized spacial score (nSPS) is 12.6. The number of carbonyl (C=O) groups excluding carboxylic acids is 1. The van der Waals surface area contributed by atoms with Crippen molar-refractivity contribution < 1.29 is 27.4 Å². The molecule has 0 radical (unpaired) electrons. The number of hydrogen-bond acceptors (Lipinski definition) is 7. The molecule has 0 atom stereocenters. The van der Waals surface area contributed by atoms with Gasteiger partial charge in [-0.05, 0) is 26.0 Å². The van der Waals surface area contributed by atoms with Crippen molar-refractivity contribution in [1.29, 1.82) is 0 Å². The minimum Gasteiger partial charge on any atom is -0.496 e. The van der Waals surface area contributed by atoms with Crippen LogP contribution in [0.1, 0.15) is 30.8 Å². The van der Waals surface area contributed by atoms with Gasteiger partial charge in [-0.15, -0.1) is 23.4 Å². The zero-order valence-corrected chi connectivity index (χ0v) is 18.5. The van der Waals surface area contributed by atoms with Crippen LogP contribution in [0.4, 0.5) is 13.2 Å². The number of ether oxygens (including phenoxy) is 2. The molecule has 2 aromatic heterocycles. The number of benzene rings is 2. The van der Waals surface area contributed by atoms with Crippen molar-refractivity contribution in [3.05, 3.63) is 65.2 Å². The summed E-state index contributed by atoms with van der Waals surface area (Å²) in [6, 6.07) is 9.18. The lowest BCUT2D eigenvalue weighted by atomic mass is 9.98. The van der Waals surface area contributed by atoms with E-state index >= 15 is 0 Å². The monoisotopic (exact) mass is 471 g/mol. The van der Waals surface area contributed by atoms with E-state index in [9.17, 15) is 18.0 Å². The second-order valence-electron chi connectivity index (χ2n) is 7.56. The predicted octanol–water partition coefficient (Wildman–Crippen LogP) is 4.05. The lowest BCUT2D eigenvalue weighted by Gasteiger charge is -2.15. The number of allylic oxidation sites excluding steroid dienone is 2. The number of aromatic nitrogens is 4. The minimum absolute atomic E-state index is 0.0110. The first-order chi connectivity index (χ1) is 16.1. The summed E-state index contributed by atoms with van der Waals surface area (Å²) in [6.07, 6.45) is -3.33. The van der Waals surface area contributed by atoms with Gasteiger partial charge < -0.3 is 15.2 Å². The molecule has 4 aromatic rings. The molecule has 0 fully saturated rings. The molecule has 2 aromatic carbocycles. The Hall–Kier alpha value is -4.15. The van der Waals surface area contributed by atoms with Gasteiger partial charge in [0.25, 0.3) is 0 Å². The van der Waals surface area contributed by atoms with E-state index in [2.05, 4.69) is 19.9 Å². The molecule has 2 heterocycles. The Morgan fingerprint density at radius 3 is 2.50 bits per heavy atom. The number of alkyl halides is 3. The van der Waals surface area contributed by atoms with Gasteiger partial charge in [-0.3, -0.25) is 14.2 Å². The van der Waals surface area contributed by atoms with Crippen LogP contribution in [0.15, 0.2) is 48.3 Å². The fraction of sp³-hybridized carbons (Fsp3) is 0.217. The predicted molar refractivity (Wildman–Crippen MR) is 118 cm³/mol. The lowest BCUT2D eigenvalue weighted by molar-refractivity contribution is -0.274. The number of hydrogen-bond donors (Lipinski definition) is 1. The Labute approximate surface area is 191 Å². The molecule has 4 rings (SSSR count). The first-order valence-electron chi connectivity index (χ1n) is 10.1. The number of fused-ring (bicyclic) bond motifs is 3. The van der Waals surface area contributed by atoms with Crippen LogP contribution in [0, 0.1) is 0 Å². The highest BCUT2D eigenvalue weighted by molar-refractivity contribution is 6.21. The number of methoxy groups -OCH3 is 1. The van der Waals surface area contributed by atoms with Crippen molar-refractivity contribution in [3.8, 4) is 11.5 Å². The van der Waals surface area contributed by atoms with E-state index in [1.807, 2.05) is 0 Å². The Bertz CT molecular complexity index is 1440. The van der Waals surface area contributed by atoms with E-state index in [1.54, 1.807) is 29.5 Å². The van der Waals surface area contributed by atoms with Gasteiger partial charge >= 0.3 is 6.36 Å². The van der Waals surface area contributed by atoms with E-state index in [-0.39, 0.29) is 23.5 Å². The van der Waals surface area contributed by atoms with Crippen LogP contribution in [-0.2, 0) is 11.2 Å². The molecule has 0 spiro atoms. The van der Waals surface area contributed by atoms with Crippen molar-refractivity contribution in [2.75, 3.05) is 7.11 Å². The summed E-state index contributed by atoms with van der Waals surface area (Å²) in [7, 11) is 1.46. The third kappa shape index (κ3) is 4.36. The van der Waals surface area contributed by atoms with Crippen LogP contribution < -0.4 is 15.2 Å². The summed E-state index contributed by atoms with van der Waals surface area (Å²) < 4.78 is 49.9. The second-order valence-corrected chi connectivity index (χ2v) is 7.56. The maximum absolute atomic E-state index is 12.8. The molecule has 0 bridgehead atoms. The summed E-state index contributed by atoms with van der Waals surface area (Å²) >= 11 is 0. The van der Waals surface area contributed by atoms with Crippen molar-refractivity contribution in [1.82, 2.24) is 19.6 Å². The number of rotatable bonds is 6. The molecule has 0 aliphatic heterocycles.